The van der Waals surface area contributed by atoms with Gasteiger partial charge in [0.1, 0.15) is 0 Å². The average Bonchev–Trinajstić information content (AvgIpc) is 2.74. The number of carbonyl (C=O) groups excluding carboxylic acids is 1. The molecule has 1 fully saturated rings. The molecule has 1 atom stereocenters. The third-order valence-electron chi connectivity index (χ3n) is 4.33. The highest BCUT2D eigenvalue weighted by Gasteiger charge is 2.38. The van der Waals surface area contributed by atoms with Crippen molar-refractivity contribution in [1.29, 1.82) is 0 Å². The van der Waals surface area contributed by atoms with Crippen molar-refractivity contribution in [2.45, 2.75) is 13.8 Å². The fourth-order valence-electron chi connectivity index (χ4n) is 2.72. The molecule has 110 valence electrons. The molecule has 1 unspecified atom stereocenters. The first kappa shape index (κ1) is 14.1. The van der Waals surface area contributed by atoms with Crippen molar-refractivity contribution in [2.24, 2.45) is 11.8 Å². The number of rotatable bonds is 3. The number of aliphatic carboxylic acids is 1. The Hall–Kier alpha value is -1.88. The van der Waals surface area contributed by atoms with Gasteiger partial charge in [0.25, 0.3) is 5.91 Å². The fourth-order valence-corrected chi connectivity index (χ4v) is 3.90. The van der Waals surface area contributed by atoms with E-state index in [0.29, 0.717) is 13.1 Å². The molecular weight excluding hydrogens is 286 g/mol. The predicted octanol–water partition coefficient (Wildman–Crippen LogP) is 3.00. The van der Waals surface area contributed by atoms with Gasteiger partial charge in [-0.2, -0.15) is 0 Å². The molecular formula is C16H17NO3S. The van der Waals surface area contributed by atoms with E-state index in [0.717, 1.165) is 20.5 Å². The Morgan fingerprint density at radius 2 is 2.00 bits per heavy atom. The van der Waals surface area contributed by atoms with Gasteiger partial charge >= 0.3 is 5.97 Å². The Bertz CT molecular complexity index is 715. The maximum atomic E-state index is 12.5. The second-order valence-electron chi connectivity index (χ2n) is 5.65. The summed E-state index contributed by atoms with van der Waals surface area (Å²) in [7, 11) is 0. The van der Waals surface area contributed by atoms with Crippen LogP contribution >= 0.6 is 11.3 Å². The van der Waals surface area contributed by atoms with E-state index >= 15 is 0 Å². The molecule has 0 spiro atoms. The van der Waals surface area contributed by atoms with Crippen LogP contribution in [0.2, 0.25) is 0 Å². The minimum Gasteiger partial charge on any atom is -0.481 e. The van der Waals surface area contributed by atoms with Crippen LogP contribution in [0.15, 0.2) is 24.3 Å². The Kier molecular flexibility index (Phi) is 3.45. The van der Waals surface area contributed by atoms with E-state index < -0.39 is 11.9 Å². The number of carbonyl (C=O) groups is 2. The van der Waals surface area contributed by atoms with Crippen LogP contribution in [0.25, 0.3) is 10.1 Å². The molecule has 0 bridgehead atoms. The Balaban J connectivity index is 1.77. The van der Waals surface area contributed by atoms with Gasteiger partial charge in [0.15, 0.2) is 0 Å². The molecule has 1 aromatic carbocycles. The van der Waals surface area contributed by atoms with Crippen LogP contribution in [0.3, 0.4) is 0 Å². The highest BCUT2D eigenvalue weighted by molar-refractivity contribution is 7.21. The zero-order valence-corrected chi connectivity index (χ0v) is 12.8. The van der Waals surface area contributed by atoms with Crippen LogP contribution in [0.1, 0.15) is 22.2 Å². The van der Waals surface area contributed by atoms with Gasteiger partial charge < -0.3 is 10.0 Å². The number of aryl methyl sites for hydroxylation is 1. The van der Waals surface area contributed by atoms with Gasteiger partial charge in [0, 0.05) is 23.7 Å². The van der Waals surface area contributed by atoms with Gasteiger partial charge in [-0.25, -0.2) is 0 Å². The van der Waals surface area contributed by atoms with Crippen molar-refractivity contribution in [3.05, 3.63) is 34.7 Å². The minimum atomic E-state index is -0.787. The van der Waals surface area contributed by atoms with Gasteiger partial charge in [-0.15, -0.1) is 11.3 Å². The second-order valence-corrected chi connectivity index (χ2v) is 6.70. The standard InChI is InChI=1S/C16H17NO3S/c1-9(16(19)20)11-7-17(8-11)15(18)14-10(2)12-5-3-4-6-13(12)21-14/h3-6,9,11H,7-8H2,1-2H3,(H,19,20). The topological polar surface area (TPSA) is 57.6 Å². The molecule has 2 aromatic rings. The zero-order valence-electron chi connectivity index (χ0n) is 12.0. The smallest absolute Gasteiger partial charge is 0.306 e. The molecule has 21 heavy (non-hydrogen) atoms. The lowest BCUT2D eigenvalue weighted by molar-refractivity contribution is -0.144. The fraction of sp³-hybridized carbons (Fsp3) is 0.375. The third-order valence-corrected chi connectivity index (χ3v) is 5.59. The van der Waals surface area contributed by atoms with Crippen LogP contribution in [-0.2, 0) is 4.79 Å². The number of likely N-dealkylation sites (tertiary alicyclic amines) is 1. The van der Waals surface area contributed by atoms with Gasteiger partial charge in [0.2, 0.25) is 0 Å². The van der Waals surface area contributed by atoms with E-state index in [1.807, 2.05) is 31.2 Å². The molecule has 0 saturated carbocycles. The van der Waals surface area contributed by atoms with E-state index in [4.69, 9.17) is 5.11 Å². The van der Waals surface area contributed by atoms with Gasteiger partial charge in [-0.1, -0.05) is 25.1 Å². The van der Waals surface area contributed by atoms with E-state index in [-0.39, 0.29) is 11.8 Å². The highest BCUT2D eigenvalue weighted by atomic mass is 32.1. The molecule has 4 nitrogen and oxygen atoms in total. The predicted molar refractivity (Wildman–Crippen MR) is 82.8 cm³/mol. The molecule has 1 amide bonds. The lowest BCUT2D eigenvalue weighted by atomic mass is 9.87. The number of nitrogens with zero attached hydrogens (tertiary/aromatic N) is 1. The third kappa shape index (κ3) is 2.31. The Morgan fingerprint density at radius 3 is 2.62 bits per heavy atom. The number of hydrogen-bond donors (Lipinski definition) is 1. The quantitative estimate of drug-likeness (QED) is 0.948. The summed E-state index contributed by atoms with van der Waals surface area (Å²) in [5, 5.41) is 10.1. The van der Waals surface area contributed by atoms with Crippen LogP contribution in [0.4, 0.5) is 0 Å². The van der Waals surface area contributed by atoms with E-state index in [9.17, 15) is 9.59 Å². The van der Waals surface area contributed by atoms with E-state index in [1.165, 1.54) is 11.3 Å². The minimum absolute atomic E-state index is 0.0301. The number of carboxylic acids is 1. The van der Waals surface area contributed by atoms with Crippen molar-refractivity contribution in [3.8, 4) is 0 Å². The molecule has 1 N–H and O–H groups in total. The van der Waals surface area contributed by atoms with Crippen molar-refractivity contribution in [3.63, 3.8) is 0 Å². The normalized spacial score (nSPS) is 16.8. The average molecular weight is 303 g/mol. The molecule has 3 rings (SSSR count). The number of hydrogen-bond acceptors (Lipinski definition) is 3. The number of benzene rings is 1. The molecule has 0 aliphatic carbocycles. The summed E-state index contributed by atoms with van der Waals surface area (Å²) in [6.45, 7) is 4.77. The van der Waals surface area contributed by atoms with Crippen LogP contribution in [0, 0.1) is 18.8 Å². The van der Waals surface area contributed by atoms with Crippen LogP contribution < -0.4 is 0 Å². The number of thiophene rings is 1. The van der Waals surface area contributed by atoms with Crippen LogP contribution in [0.5, 0.6) is 0 Å². The Morgan fingerprint density at radius 1 is 1.33 bits per heavy atom. The Labute approximate surface area is 127 Å². The molecule has 0 radical (unpaired) electrons. The summed E-state index contributed by atoms with van der Waals surface area (Å²) in [5.41, 5.74) is 1.02. The molecule has 5 heteroatoms. The summed E-state index contributed by atoms with van der Waals surface area (Å²) < 4.78 is 1.12. The lowest BCUT2D eigenvalue weighted by Gasteiger charge is -2.41. The maximum absolute atomic E-state index is 12.5. The summed E-state index contributed by atoms with van der Waals surface area (Å²) in [5.74, 6) is -1.08. The summed E-state index contributed by atoms with van der Waals surface area (Å²) >= 11 is 1.52. The van der Waals surface area contributed by atoms with Gasteiger partial charge in [-0.05, 0) is 23.9 Å². The largest absolute Gasteiger partial charge is 0.481 e. The monoisotopic (exact) mass is 303 g/mol. The van der Waals surface area contributed by atoms with Crippen molar-refractivity contribution in [2.75, 3.05) is 13.1 Å². The SMILES string of the molecule is Cc1c(C(=O)N2CC(C(C)C(=O)O)C2)sc2ccccc12. The highest BCUT2D eigenvalue weighted by Crippen LogP contribution is 2.33. The molecule has 1 saturated heterocycles. The van der Waals surface area contributed by atoms with E-state index in [2.05, 4.69) is 0 Å². The maximum Gasteiger partial charge on any atom is 0.306 e. The lowest BCUT2D eigenvalue weighted by Crippen LogP contribution is -2.53. The first-order valence-corrected chi connectivity index (χ1v) is 7.81. The molecule has 1 aliphatic heterocycles. The molecule has 2 heterocycles. The first-order valence-electron chi connectivity index (χ1n) is 6.99. The van der Waals surface area contributed by atoms with Crippen molar-refractivity contribution in [1.82, 2.24) is 4.90 Å². The summed E-state index contributed by atoms with van der Waals surface area (Å²) in [6.07, 6.45) is 0. The van der Waals surface area contributed by atoms with Gasteiger partial charge in [-0.3, -0.25) is 9.59 Å². The number of fused-ring (bicyclic) bond motifs is 1. The molecule has 1 aliphatic rings. The summed E-state index contributed by atoms with van der Waals surface area (Å²) in [6, 6.07) is 8.00. The van der Waals surface area contributed by atoms with Gasteiger partial charge in [0.05, 0.1) is 10.8 Å². The second kappa shape index (κ2) is 5.15. The van der Waals surface area contributed by atoms with Crippen LogP contribution in [-0.4, -0.2) is 35.0 Å². The zero-order chi connectivity index (χ0) is 15.1. The number of carboxylic acid groups (broad SMARTS) is 1. The number of amides is 1. The van der Waals surface area contributed by atoms with Crippen molar-refractivity contribution >= 4 is 33.3 Å². The van der Waals surface area contributed by atoms with Crippen molar-refractivity contribution < 1.29 is 14.7 Å². The molecule has 1 aromatic heterocycles. The first-order chi connectivity index (χ1) is 9.99. The summed E-state index contributed by atoms with van der Waals surface area (Å²) in [4.78, 5) is 26.0. The van der Waals surface area contributed by atoms with E-state index in [1.54, 1.807) is 11.8 Å².